The third-order valence-corrected chi connectivity index (χ3v) is 8.13. The number of carbonyl (C=O) groups excluding carboxylic acids is 1. The normalized spacial score (nSPS) is 20.7. The number of methoxy groups -OCH3 is 1. The number of carbonyl (C=O) groups is 1. The Bertz CT molecular complexity index is 1580. The first-order valence-electron chi connectivity index (χ1n) is 14.6. The van der Waals surface area contributed by atoms with Crippen molar-refractivity contribution in [3.05, 3.63) is 48.3 Å². The Balaban J connectivity index is 1.30. The molecule has 5 rings (SSSR count). The molecule has 2 N–H and O–H groups in total. The van der Waals surface area contributed by atoms with Gasteiger partial charge in [-0.1, -0.05) is 0 Å². The average molecular weight is 623 g/mol. The van der Waals surface area contributed by atoms with E-state index in [-0.39, 0.29) is 24.3 Å². The van der Waals surface area contributed by atoms with E-state index in [9.17, 15) is 23.9 Å². The minimum absolute atomic E-state index is 0.000221. The lowest BCUT2D eigenvalue weighted by Crippen LogP contribution is -2.56. The van der Waals surface area contributed by atoms with Gasteiger partial charge in [-0.25, -0.2) is 18.7 Å². The maximum atomic E-state index is 14.9. The minimum Gasteiger partial charge on any atom is -0.483 e. The van der Waals surface area contributed by atoms with Crippen molar-refractivity contribution < 1.29 is 28.2 Å². The number of aromatic nitrogens is 3. The highest BCUT2D eigenvalue weighted by Crippen LogP contribution is 2.35. The SMILES string of the molecule is COc1nc(Nc2cc(-c3ccc(OC4CCN(C(=O)[C@H](C)O)CC4(F)F)c(C#N)c3)ncn2)ccc1N1CCN(C)[C@@H](C)C1. The fourth-order valence-electron chi connectivity index (χ4n) is 5.43. The number of aliphatic hydroxyl groups is 1. The quantitative estimate of drug-likeness (QED) is 0.383. The first-order chi connectivity index (χ1) is 21.5. The number of aliphatic hydroxyl groups excluding tert-OH is 1. The zero-order chi connectivity index (χ0) is 32.3. The van der Waals surface area contributed by atoms with Crippen LogP contribution >= 0.6 is 0 Å². The van der Waals surface area contributed by atoms with Gasteiger partial charge in [0.15, 0.2) is 6.10 Å². The van der Waals surface area contributed by atoms with Crippen molar-refractivity contribution in [2.24, 2.45) is 0 Å². The summed E-state index contributed by atoms with van der Waals surface area (Å²) in [7, 11) is 3.70. The Morgan fingerprint density at radius 2 is 1.98 bits per heavy atom. The number of likely N-dealkylation sites (N-methyl/N-ethyl adjacent to an activating group) is 1. The molecule has 1 aromatic carbocycles. The molecule has 2 aliphatic rings. The van der Waals surface area contributed by atoms with E-state index in [1.807, 2.05) is 18.2 Å². The largest absolute Gasteiger partial charge is 0.483 e. The van der Waals surface area contributed by atoms with Gasteiger partial charge in [-0.05, 0) is 51.2 Å². The summed E-state index contributed by atoms with van der Waals surface area (Å²) in [6, 6.07) is 12.5. The molecule has 0 saturated carbocycles. The summed E-state index contributed by atoms with van der Waals surface area (Å²) in [6.07, 6.45) is -1.70. The molecule has 2 fully saturated rings. The number of rotatable bonds is 8. The fraction of sp³-hybridized carbons (Fsp3) is 0.452. The van der Waals surface area contributed by atoms with Gasteiger partial charge in [0.05, 0.1) is 24.9 Å². The molecular weight excluding hydrogens is 586 g/mol. The van der Waals surface area contributed by atoms with Gasteiger partial charge in [0.1, 0.15) is 41.6 Å². The van der Waals surface area contributed by atoms with Gasteiger partial charge in [-0.2, -0.15) is 10.2 Å². The number of amides is 1. The van der Waals surface area contributed by atoms with Gasteiger partial charge in [-0.15, -0.1) is 0 Å². The molecule has 0 spiro atoms. The summed E-state index contributed by atoms with van der Waals surface area (Å²) in [5, 5.41) is 22.5. The Morgan fingerprint density at radius 1 is 1.18 bits per heavy atom. The van der Waals surface area contributed by atoms with Crippen LogP contribution in [0.25, 0.3) is 11.3 Å². The maximum absolute atomic E-state index is 14.9. The Labute approximate surface area is 260 Å². The number of piperazine rings is 1. The number of benzene rings is 1. The molecule has 238 valence electrons. The van der Waals surface area contributed by atoms with Crippen LogP contribution in [-0.2, 0) is 4.79 Å². The first kappa shape index (κ1) is 31.8. The predicted molar refractivity (Wildman–Crippen MR) is 163 cm³/mol. The number of hydrogen-bond donors (Lipinski definition) is 2. The monoisotopic (exact) mass is 622 g/mol. The number of nitrogens with zero attached hydrogens (tertiary/aromatic N) is 7. The van der Waals surface area contributed by atoms with E-state index < -0.39 is 30.6 Å². The van der Waals surface area contributed by atoms with E-state index in [4.69, 9.17) is 9.47 Å². The van der Waals surface area contributed by atoms with Crippen molar-refractivity contribution in [2.75, 3.05) is 57.1 Å². The van der Waals surface area contributed by atoms with Crippen LogP contribution in [0.3, 0.4) is 0 Å². The third-order valence-electron chi connectivity index (χ3n) is 8.13. The topological polar surface area (TPSA) is 140 Å². The molecule has 3 aromatic rings. The van der Waals surface area contributed by atoms with Crippen molar-refractivity contribution in [3.63, 3.8) is 0 Å². The lowest BCUT2D eigenvalue weighted by Gasteiger charge is -2.39. The molecule has 1 unspecified atom stereocenters. The number of ether oxygens (including phenoxy) is 2. The van der Waals surface area contributed by atoms with E-state index in [1.54, 1.807) is 19.2 Å². The van der Waals surface area contributed by atoms with Crippen molar-refractivity contribution >= 4 is 23.2 Å². The zero-order valence-electron chi connectivity index (χ0n) is 25.6. The highest BCUT2D eigenvalue weighted by molar-refractivity contribution is 5.80. The van der Waals surface area contributed by atoms with Crippen LogP contribution in [0, 0.1) is 11.3 Å². The van der Waals surface area contributed by atoms with Gasteiger partial charge in [0, 0.05) is 50.3 Å². The number of nitrogens with one attached hydrogen (secondary N) is 1. The van der Waals surface area contributed by atoms with E-state index in [0.29, 0.717) is 34.8 Å². The highest BCUT2D eigenvalue weighted by atomic mass is 19.3. The molecule has 0 radical (unpaired) electrons. The molecule has 45 heavy (non-hydrogen) atoms. The number of likely N-dealkylation sites (tertiary alicyclic amines) is 1. The number of pyridine rings is 1. The molecule has 2 aromatic heterocycles. The second-order valence-electron chi connectivity index (χ2n) is 11.3. The van der Waals surface area contributed by atoms with E-state index in [0.717, 1.165) is 30.2 Å². The number of hydrogen-bond acceptors (Lipinski definition) is 11. The van der Waals surface area contributed by atoms with Crippen LogP contribution in [0.1, 0.15) is 25.8 Å². The number of anilines is 3. The summed E-state index contributed by atoms with van der Waals surface area (Å²) < 4.78 is 41.0. The minimum atomic E-state index is -3.38. The summed E-state index contributed by atoms with van der Waals surface area (Å²) in [4.78, 5) is 30.7. The molecule has 14 heteroatoms. The van der Waals surface area contributed by atoms with Crippen molar-refractivity contribution in [3.8, 4) is 29.0 Å². The fourth-order valence-corrected chi connectivity index (χ4v) is 5.43. The summed E-state index contributed by atoms with van der Waals surface area (Å²) in [6.45, 7) is 5.20. The predicted octanol–water partition coefficient (Wildman–Crippen LogP) is 3.30. The highest BCUT2D eigenvalue weighted by Gasteiger charge is 2.48. The lowest BCUT2D eigenvalue weighted by atomic mass is 10.0. The van der Waals surface area contributed by atoms with Crippen molar-refractivity contribution in [2.45, 2.75) is 44.4 Å². The van der Waals surface area contributed by atoms with Gasteiger partial charge >= 0.3 is 5.92 Å². The second-order valence-corrected chi connectivity index (χ2v) is 11.3. The Kier molecular flexibility index (Phi) is 9.31. The van der Waals surface area contributed by atoms with Gasteiger partial charge < -0.3 is 34.6 Å². The molecule has 2 aliphatic heterocycles. The maximum Gasteiger partial charge on any atom is 0.301 e. The standard InChI is InChI=1S/C31H36F2N8O4/c1-19-16-40(12-11-39(19)3)24-6-8-27(38-29(24)44-4)37-28-14-23(35-18-36-28)21-5-7-25(22(13-21)15-34)45-26-9-10-41(17-31(26,32)33)30(43)20(2)42/h5-8,13-14,18-20,26,42H,9-12,16-17H2,1-4H3,(H,35,36,37,38)/t19-,20-,26?/m0/s1. The first-order valence-corrected chi connectivity index (χ1v) is 14.6. The van der Waals surface area contributed by atoms with E-state index in [2.05, 4.69) is 44.0 Å². The Hall–Kier alpha value is -4.61. The number of nitriles is 1. The van der Waals surface area contributed by atoms with Gasteiger partial charge in [-0.3, -0.25) is 4.79 Å². The summed E-state index contributed by atoms with van der Waals surface area (Å²) in [5.74, 6) is -2.68. The van der Waals surface area contributed by atoms with Gasteiger partial charge in [0.2, 0.25) is 5.88 Å². The third kappa shape index (κ3) is 7.05. The average Bonchev–Trinajstić information content (AvgIpc) is 3.03. The van der Waals surface area contributed by atoms with Crippen LogP contribution in [0.15, 0.2) is 42.7 Å². The van der Waals surface area contributed by atoms with E-state index in [1.165, 1.54) is 25.4 Å². The number of alkyl halides is 2. The molecule has 0 bridgehead atoms. The molecule has 2 saturated heterocycles. The number of halogens is 2. The Morgan fingerprint density at radius 3 is 2.67 bits per heavy atom. The molecule has 0 aliphatic carbocycles. The second kappa shape index (κ2) is 13.2. The van der Waals surface area contributed by atoms with Crippen LogP contribution in [0.2, 0.25) is 0 Å². The van der Waals surface area contributed by atoms with Crippen LogP contribution in [0.5, 0.6) is 11.6 Å². The lowest BCUT2D eigenvalue weighted by molar-refractivity contribution is -0.165. The molecular formula is C31H36F2N8O4. The molecule has 12 nitrogen and oxygen atoms in total. The molecule has 4 heterocycles. The molecule has 1 amide bonds. The van der Waals surface area contributed by atoms with Crippen LogP contribution in [-0.4, -0.2) is 107 Å². The van der Waals surface area contributed by atoms with E-state index >= 15 is 0 Å². The van der Waals surface area contributed by atoms with Crippen molar-refractivity contribution in [1.82, 2.24) is 24.8 Å². The van der Waals surface area contributed by atoms with Crippen LogP contribution in [0.4, 0.5) is 26.1 Å². The zero-order valence-corrected chi connectivity index (χ0v) is 25.6. The molecule has 3 atom stereocenters. The van der Waals surface area contributed by atoms with Gasteiger partial charge in [0.25, 0.3) is 5.91 Å². The summed E-state index contributed by atoms with van der Waals surface area (Å²) in [5.41, 5.74) is 2.01. The van der Waals surface area contributed by atoms with Crippen LogP contribution < -0.4 is 19.7 Å². The summed E-state index contributed by atoms with van der Waals surface area (Å²) >= 11 is 0. The van der Waals surface area contributed by atoms with Crippen molar-refractivity contribution in [1.29, 1.82) is 5.26 Å². The smallest absolute Gasteiger partial charge is 0.301 e. The number of piperidine rings is 1.